The van der Waals surface area contributed by atoms with Crippen LogP contribution in [0.2, 0.25) is 0 Å². The Morgan fingerprint density at radius 3 is 2.54 bits per heavy atom. The Morgan fingerprint density at radius 1 is 1.25 bits per heavy atom. The van der Waals surface area contributed by atoms with Crippen LogP contribution in [0.25, 0.3) is 5.57 Å². The van der Waals surface area contributed by atoms with Gasteiger partial charge < -0.3 is 15.0 Å². The highest BCUT2D eigenvalue weighted by Crippen LogP contribution is 2.26. The van der Waals surface area contributed by atoms with Crippen molar-refractivity contribution in [1.82, 2.24) is 10.2 Å². The number of benzene rings is 1. The highest BCUT2D eigenvalue weighted by molar-refractivity contribution is 5.98. The molecule has 2 aliphatic heterocycles. The standard InChI is InChI=1S/C18H18F3N3O4/c1-11(8-15(25)28-16(26)18(19,20)21)12-2-4-13(5-3-12)24-10-14-9-22-6-7-23(14)17(24)27/h2-5,8,14,22H,6-7,9-10H2,1H3/b11-8+/t14-/m0/s1. The second-order valence-corrected chi connectivity index (χ2v) is 6.53. The van der Waals surface area contributed by atoms with E-state index in [1.54, 1.807) is 29.2 Å². The molecule has 1 aromatic rings. The lowest BCUT2D eigenvalue weighted by molar-refractivity contribution is -0.200. The average Bonchev–Trinajstić information content (AvgIpc) is 2.98. The zero-order valence-electron chi connectivity index (χ0n) is 15.0. The fourth-order valence-corrected chi connectivity index (χ4v) is 3.18. The number of nitrogens with one attached hydrogen (secondary N) is 1. The quantitative estimate of drug-likeness (QED) is 0.479. The van der Waals surface area contributed by atoms with Crippen LogP contribution in [0.15, 0.2) is 30.3 Å². The smallest absolute Gasteiger partial charge is 0.383 e. The molecule has 1 atom stereocenters. The van der Waals surface area contributed by atoms with Gasteiger partial charge in [-0.05, 0) is 30.2 Å². The molecule has 0 spiro atoms. The third-order valence-electron chi connectivity index (χ3n) is 4.61. The average molecular weight is 397 g/mol. The van der Waals surface area contributed by atoms with Crippen LogP contribution in [0.1, 0.15) is 12.5 Å². The monoisotopic (exact) mass is 397 g/mol. The number of fused-ring (bicyclic) bond motifs is 1. The van der Waals surface area contributed by atoms with Crippen molar-refractivity contribution in [2.45, 2.75) is 19.1 Å². The van der Waals surface area contributed by atoms with Crippen LogP contribution in [-0.2, 0) is 14.3 Å². The number of hydrogen-bond acceptors (Lipinski definition) is 5. The van der Waals surface area contributed by atoms with Crippen LogP contribution >= 0.6 is 0 Å². The van der Waals surface area contributed by atoms with E-state index < -0.39 is 18.1 Å². The maximum Gasteiger partial charge on any atom is 0.491 e. The Kier molecular flexibility index (Phi) is 5.41. The molecule has 2 amide bonds. The Balaban J connectivity index is 1.68. The third-order valence-corrected chi connectivity index (χ3v) is 4.61. The van der Waals surface area contributed by atoms with Gasteiger partial charge in [-0.15, -0.1) is 0 Å². The third kappa shape index (κ3) is 4.16. The number of esters is 2. The Hall–Kier alpha value is -2.88. The van der Waals surface area contributed by atoms with Crippen molar-refractivity contribution in [2.24, 2.45) is 0 Å². The number of alkyl halides is 3. The number of carbonyl (C=O) groups is 3. The molecule has 2 saturated heterocycles. The summed E-state index contributed by atoms with van der Waals surface area (Å²) in [7, 11) is 0. The largest absolute Gasteiger partial charge is 0.491 e. The summed E-state index contributed by atoms with van der Waals surface area (Å²) < 4.78 is 40.1. The van der Waals surface area contributed by atoms with Gasteiger partial charge >= 0.3 is 24.1 Å². The molecule has 7 nitrogen and oxygen atoms in total. The van der Waals surface area contributed by atoms with Crippen LogP contribution in [0.5, 0.6) is 0 Å². The van der Waals surface area contributed by atoms with E-state index in [2.05, 4.69) is 10.1 Å². The zero-order chi connectivity index (χ0) is 20.5. The topological polar surface area (TPSA) is 79.0 Å². The van der Waals surface area contributed by atoms with Gasteiger partial charge in [-0.3, -0.25) is 4.90 Å². The predicted octanol–water partition coefficient (Wildman–Crippen LogP) is 1.94. The molecule has 28 heavy (non-hydrogen) atoms. The number of piperazine rings is 1. The van der Waals surface area contributed by atoms with E-state index in [1.165, 1.54) is 6.92 Å². The number of halogens is 3. The van der Waals surface area contributed by atoms with Crippen LogP contribution in [-0.4, -0.2) is 61.3 Å². The predicted molar refractivity (Wildman–Crippen MR) is 93.4 cm³/mol. The van der Waals surface area contributed by atoms with Crippen LogP contribution < -0.4 is 10.2 Å². The Bertz CT molecular complexity index is 820. The van der Waals surface area contributed by atoms with Crippen LogP contribution in [0, 0.1) is 0 Å². The highest BCUT2D eigenvalue weighted by Gasteiger charge is 2.42. The van der Waals surface area contributed by atoms with E-state index in [9.17, 15) is 27.6 Å². The number of rotatable bonds is 3. The SMILES string of the molecule is C/C(=C\C(=O)OC(=O)C(F)(F)F)c1ccc(N2C[C@@H]3CNCCN3C2=O)cc1. The summed E-state index contributed by atoms with van der Waals surface area (Å²) in [6, 6.07) is 6.72. The summed E-state index contributed by atoms with van der Waals surface area (Å²) in [5.74, 6) is -3.96. The number of hydrogen-bond donors (Lipinski definition) is 1. The van der Waals surface area contributed by atoms with Gasteiger partial charge in [0.1, 0.15) is 0 Å². The number of nitrogens with zero attached hydrogens (tertiary/aromatic N) is 2. The Labute approximate surface area is 158 Å². The number of ether oxygens (including phenoxy) is 1. The zero-order valence-corrected chi connectivity index (χ0v) is 15.0. The number of carbonyl (C=O) groups excluding carboxylic acids is 3. The van der Waals surface area contributed by atoms with Crippen LogP contribution in [0.4, 0.5) is 23.7 Å². The lowest BCUT2D eigenvalue weighted by atomic mass is 10.1. The second kappa shape index (κ2) is 7.63. The molecule has 2 fully saturated rings. The van der Waals surface area contributed by atoms with E-state index in [0.29, 0.717) is 29.9 Å². The second-order valence-electron chi connectivity index (χ2n) is 6.53. The maximum absolute atomic E-state index is 12.5. The fourth-order valence-electron chi connectivity index (χ4n) is 3.18. The first-order valence-electron chi connectivity index (χ1n) is 8.57. The molecule has 1 aromatic carbocycles. The lowest BCUT2D eigenvalue weighted by Crippen LogP contribution is -2.49. The van der Waals surface area contributed by atoms with E-state index >= 15 is 0 Å². The minimum atomic E-state index is -5.23. The van der Waals surface area contributed by atoms with Gasteiger partial charge in [0.25, 0.3) is 0 Å². The molecule has 10 heteroatoms. The Morgan fingerprint density at radius 2 is 1.93 bits per heavy atom. The fraction of sp³-hybridized carbons (Fsp3) is 0.389. The van der Waals surface area contributed by atoms with Gasteiger partial charge in [0.2, 0.25) is 0 Å². The molecule has 2 heterocycles. The summed E-state index contributed by atoms with van der Waals surface area (Å²) in [4.78, 5) is 38.1. The van der Waals surface area contributed by atoms with Crippen molar-refractivity contribution < 1.29 is 32.3 Å². The van der Waals surface area contributed by atoms with E-state index in [1.807, 2.05) is 4.90 Å². The van der Waals surface area contributed by atoms with E-state index in [-0.39, 0.29) is 12.1 Å². The summed E-state index contributed by atoms with van der Waals surface area (Å²) in [5.41, 5.74) is 1.55. The van der Waals surface area contributed by atoms with Gasteiger partial charge in [0, 0.05) is 37.9 Å². The summed E-state index contributed by atoms with van der Waals surface area (Å²) >= 11 is 0. The molecule has 3 rings (SSSR count). The van der Waals surface area contributed by atoms with Crippen molar-refractivity contribution in [3.05, 3.63) is 35.9 Å². The minimum absolute atomic E-state index is 0.0687. The van der Waals surface area contributed by atoms with Gasteiger partial charge in [-0.25, -0.2) is 14.4 Å². The first-order valence-corrected chi connectivity index (χ1v) is 8.57. The molecule has 150 valence electrons. The molecule has 0 saturated carbocycles. The normalized spacial score (nSPS) is 20.2. The maximum atomic E-state index is 12.5. The summed E-state index contributed by atoms with van der Waals surface area (Å²) in [6.07, 6.45) is -4.42. The van der Waals surface area contributed by atoms with Crippen molar-refractivity contribution >= 4 is 29.2 Å². The highest BCUT2D eigenvalue weighted by atomic mass is 19.4. The molecule has 0 bridgehead atoms. The van der Waals surface area contributed by atoms with Crippen molar-refractivity contribution in [2.75, 3.05) is 31.1 Å². The first kappa shape index (κ1) is 19.9. The molecular formula is C18H18F3N3O4. The number of allylic oxidation sites excluding steroid dienone is 1. The van der Waals surface area contributed by atoms with E-state index in [4.69, 9.17) is 0 Å². The molecule has 0 radical (unpaired) electrons. The molecule has 0 aliphatic carbocycles. The minimum Gasteiger partial charge on any atom is -0.383 e. The van der Waals surface area contributed by atoms with Gasteiger partial charge in [0.05, 0.1) is 6.04 Å². The van der Waals surface area contributed by atoms with Crippen molar-refractivity contribution in [1.29, 1.82) is 0 Å². The molecular weight excluding hydrogens is 379 g/mol. The van der Waals surface area contributed by atoms with Gasteiger partial charge in [-0.1, -0.05) is 12.1 Å². The summed E-state index contributed by atoms with van der Waals surface area (Å²) in [5, 5.41) is 3.25. The molecule has 0 unspecified atom stereocenters. The lowest BCUT2D eigenvalue weighted by Gasteiger charge is -2.28. The van der Waals surface area contributed by atoms with E-state index in [0.717, 1.165) is 19.2 Å². The first-order chi connectivity index (χ1) is 13.2. The number of anilines is 1. The molecule has 2 aliphatic rings. The van der Waals surface area contributed by atoms with Gasteiger partial charge in [-0.2, -0.15) is 13.2 Å². The molecule has 1 N–H and O–H groups in total. The molecule has 0 aromatic heterocycles. The number of amides is 2. The van der Waals surface area contributed by atoms with Gasteiger partial charge in [0.15, 0.2) is 0 Å². The number of urea groups is 1. The van der Waals surface area contributed by atoms with Crippen molar-refractivity contribution in [3.63, 3.8) is 0 Å². The van der Waals surface area contributed by atoms with Crippen LogP contribution in [0.3, 0.4) is 0 Å². The van der Waals surface area contributed by atoms with Crippen molar-refractivity contribution in [3.8, 4) is 0 Å². The summed E-state index contributed by atoms with van der Waals surface area (Å²) in [6.45, 7) is 4.21.